The van der Waals surface area contributed by atoms with Crippen LogP contribution in [0.2, 0.25) is 0 Å². The number of amides is 1. The zero-order chi connectivity index (χ0) is 17.9. The number of hydrazine groups is 1. The number of carbonyl (C=O) groups is 1. The Balaban J connectivity index is 1.40. The second-order valence-electron chi connectivity index (χ2n) is 7.29. The minimum absolute atomic E-state index is 0.0344. The normalized spacial score (nSPS) is 25.5. The van der Waals surface area contributed by atoms with E-state index in [9.17, 15) is 4.79 Å². The Labute approximate surface area is 152 Å². The summed E-state index contributed by atoms with van der Waals surface area (Å²) in [5, 5.41) is 11.1. The van der Waals surface area contributed by atoms with Crippen LogP contribution in [0.1, 0.15) is 42.5 Å². The van der Waals surface area contributed by atoms with Gasteiger partial charge in [0.25, 0.3) is 5.91 Å². The van der Waals surface area contributed by atoms with Gasteiger partial charge < -0.3 is 4.90 Å². The van der Waals surface area contributed by atoms with E-state index in [-0.39, 0.29) is 5.91 Å². The van der Waals surface area contributed by atoms with Gasteiger partial charge in [-0.3, -0.25) is 15.6 Å². The van der Waals surface area contributed by atoms with Crippen LogP contribution in [-0.4, -0.2) is 56.7 Å². The summed E-state index contributed by atoms with van der Waals surface area (Å²) in [7, 11) is 1.88. The Morgan fingerprint density at radius 2 is 2.00 bits per heavy atom. The number of rotatable bonds is 4. The average Bonchev–Trinajstić information content (AvgIpc) is 3.27. The van der Waals surface area contributed by atoms with Gasteiger partial charge in [-0.15, -0.1) is 5.10 Å². The summed E-state index contributed by atoms with van der Waals surface area (Å²) in [6.45, 7) is 0.710. The van der Waals surface area contributed by atoms with Crippen molar-refractivity contribution in [1.82, 2.24) is 36.0 Å². The Morgan fingerprint density at radius 3 is 2.77 bits per heavy atom. The lowest BCUT2D eigenvalue weighted by molar-refractivity contribution is 0.0774. The van der Waals surface area contributed by atoms with Crippen molar-refractivity contribution >= 4 is 5.91 Å². The Hall–Kier alpha value is -2.32. The van der Waals surface area contributed by atoms with Crippen LogP contribution in [0.5, 0.6) is 0 Å². The summed E-state index contributed by atoms with van der Waals surface area (Å²) in [5.74, 6) is 0.641. The van der Waals surface area contributed by atoms with Gasteiger partial charge >= 0.3 is 0 Å². The first-order valence-electron chi connectivity index (χ1n) is 9.32. The van der Waals surface area contributed by atoms with E-state index in [0.29, 0.717) is 30.1 Å². The molecule has 4 rings (SSSR count). The van der Waals surface area contributed by atoms with E-state index in [4.69, 9.17) is 0 Å². The topological polar surface area (TPSA) is 88.0 Å². The molecule has 2 aliphatic rings. The lowest BCUT2D eigenvalue weighted by atomic mass is 9.90. The molecule has 2 N–H and O–H groups in total. The number of nitrogens with one attached hydrogen (secondary N) is 2. The smallest absolute Gasteiger partial charge is 0.253 e. The Bertz CT molecular complexity index is 731. The minimum Gasteiger partial charge on any atom is -0.340 e. The standard InChI is InChI=1S/C18H25N7O/c1-24(11-17-15-5-3-2-4-6-16(15)20-21-17)18(26)13-7-9-14(10-8-13)25-12-19-22-23-25/h7-10,12,15-17,20-21H,2-6,11H2,1H3. The van der Waals surface area contributed by atoms with Crippen LogP contribution in [0.15, 0.2) is 30.6 Å². The number of fused-ring (bicyclic) bond motifs is 1. The first-order valence-corrected chi connectivity index (χ1v) is 9.32. The molecule has 1 saturated carbocycles. The maximum absolute atomic E-state index is 12.8. The molecule has 0 radical (unpaired) electrons. The summed E-state index contributed by atoms with van der Waals surface area (Å²) < 4.78 is 1.57. The molecule has 1 aliphatic heterocycles. The zero-order valence-corrected chi connectivity index (χ0v) is 15.0. The van der Waals surface area contributed by atoms with Gasteiger partial charge in [0.1, 0.15) is 6.33 Å². The molecule has 1 aromatic heterocycles. The van der Waals surface area contributed by atoms with Crippen LogP contribution < -0.4 is 10.9 Å². The average molecular weight is 355 g/mol. The minimum atomic E-state index is 0.0344. The van der Waals surface area contributed by atoms with Gasteiger partial charge in [0.2, 0.25) is 0 Å². The fourth-order valence-electron chi connectivity index (χ4n) is 4.13. The van der Waals surface area contributed by atoms with Crippen molar-refractivity contribution in [3.63, 3.8) is 0 Å². The number of hydrogen-bond donors (Lipinski definition) is 2. The molecule has 3 unspecified atom stereocenters. The third kappa shape index (κ3) is 3.47. The molecule has 1 aliphatic carbocycles. The van der Waals surface area contributed by atoms with Crippen molar-refractivity contribution in [1.29, 1.82) is 0 Å². The molecule has 8 nitrogen and oxygen atoms in total. The van der Waals surface area contributed by atoms with Crippen molar-refractivity contribution in [2.45, 2.75) is 44.2 Å². The molecule has 1 amide bonds. The SMILES string of the molecule is CN(CC1NNC2CCCCCC21)C(=O)c1ccc(-n2cnnn2)cc1. The first kappa shape index (κ1) is 17.1. The van der Waals surface area contributed by atoms with Crippen molar-refractivity contribution in [2.75, 3.05) is 13.6 Å². The van der Waals surface area contributed by atoms with Gasteiger partial charge in [-0.25, -0.2) is 4.68 Å². The number of tetrazole rings is 1. The highest BCUT2D eigenvalue weighted by atomic mass is 16.2. The van der Waals surface area contributed by atoms with Crippen molar-refractivity contribution in [2.24, 2.45) is 5.92 Å². The van der Waals surface area contributed by atoms with Crippen LogP contribution >= 0.6 is 0 Å². The lowest BCUT2D eigenvalue weighted by Crippen LogP contribution is -2.43. The quantitative estimate of drug-likeness (QED) is 0.856. The van der Waals surface area contributed by atoms with Gasteiger partial charge in [-0.05, 0) is 53.5 Å². The number of hydrogen-bond acceptors (Lipinski definition) is 6. The Kier molecular flexibility index (Phi) is 4.94. The molecular weight excluding hydrogens is 330 g/mol. The van der Waals surface area contributed by atoms with Crippen molar-refractivity contribution in [3.8, 4) is 5.69 Å². The van der Waals surface area contributed by atoms with Crippen molar-refractivity contribution < 1.29 is 4.79 Å². The predicted molar refractivity (Wildman–Crippen MR) is 96.5 cm³/mol. The summed E-state index contributed by atoms with van der Waals surface area (Å²) in [4.78, 5) is 14.6. The fraction of sp³-hybridized carbons (Fsp3) is 0.556. The van der Waals surface area contributed by atoms with Crippen LogP contribution in [0.25, 0.3) is 5.69 Å². The first-order chi connectivity index (χ1) is 12.7. The van der Waals surface area contributed by atoms with E-state index in [0.717, 1.165) is 5.69 Å². The number of benzene rings is 1. The molecule has 2 fully saturated rings. The van der Waals surface area contributed by atoms with E-state index in [2.05, 4.69) is 26.4 Å². The van der Waals surface area contributed by atoms with Gasteiger partial charge in [-0.2, -0.15) is 0 Å². The van der Waals surface area contributed by atoms with E-state index in [1.807, 2.05) is 36.2 Å². The van der Waals surface area contributed by atoms with Crippen LogP contribution in [0, 0.1) is 5.92 Å². The van der Waals surface area contributed by atoms with Gasteiger partial charge in [-0.1, -0.05) is 19.3 Å². The molecule has 1 saturated heterocycles. The molecule has 0 spiro atoms. The van der Waals surface area contributed by atoms with Gasteiger partial charge in [0.15, 0.2) is 0 Å². The summed E-state index contributed by atoms with van der Waals surface area (Å²) in [5.41, 5.74) is 8.37. The molecule has 1 aromatic carbocycles. The van der Waals surface area contributed by atoms with E-state index < -0.39 is 0 Å². The van der Waals surface area contributed by atoms with Gasteiger partial charge in [0, 0.05) is 31.2 Å². The molecular formula is C18H25N7O. The van der Waals surface area contributed by atoms with E-state index >= 15 is 0 Å². The molecule has 2 aromatic rings. The lowest BCUT2D eigenvalue weighted by Gasteiger charge is -2.26. The highest BCUT2D eigenvalue weighted by molar-refractivity contribution is 5.94. The van der Waals surface area contributed by atoms with Crippen LogP contribution in [0.3, 0.4) is 0 Å². The second-order valence-corrected chi connectivity index (χ2v) is 7.29. The fourth-order valence-corrected chi connectivity index (χ4v) is 4.13. The molecule has 3 atom stereocenters. The maximum Gasteiger partial charge on any atom is 0.253 e. The molecule has 2 heterocycles. The molecule has 8 heteroatoms. The number of nitrogens with zero attached hydrogens (tertiary/aromatic N) is 5. The number of likely N-dealkylation sites (N-methyl/N-ethyl adjacent to an activating group) is 1. The maximum atomic E-state index is 12.8. The monoisotopic (exact) mass is 355 g/mol. The Morgan fingerprint density at radius 1 is 1.19 bits per heavy atom. The summed E-state index contributed by atoms with van der Waals surface area (Å²) in [6.07, 6.45) is 7.90. The van der Waals surface area contributed by atoms with E-state index in [1.54, 1.807) is 4.68 Å². The third-order valence-corrected chi connectivity index (χ3v) is 5.59. The largest absolute Gasteiger partial charge is 0.340 e. The molecule has 26 heavy (non-hydrogen) atoms. The predicted octanol–water partition coefficient (Wildman–Crippen LogP) is 1.16. The van der Waals surface area contributed by atoms with E-state index in [1.165, 1.54) is 38.4 Å². The third-order valence-electron chi connectivity index (χ3n) is 5.59. The van der Waals surface area contributed by atoms with Crippen LogP contribution in [-0.2, 0) is 0 Å². The van der Waals surface area contributed by atoms with Gasteiger partial charge in [0.05, 0.1) is 5.69 Å². The van der Waals surface area contributed by atoms with Crippen LogP contribution in [0.4, 0.5) is 0 Å². The molecule has 138 valence electrons. The second kappa shape index (κ2) is 7.51. The zero-order valence-electron chi connectivity index (χ0n) is 15.0. The molecule has 0 bridgehead atoms. The number of carbonyl (C=O) groups excluding carboxylic acids is 1. The number of aromatic nitrogens is 4. The highest BCUT2D eigenvalue weighted by Crippen LogP contribution is 2.29. The summed E-state index contributed by atoms with van der Waals surface area (Å²) >= 11 is 0. The highest BCUT2D eigenvalue weighted by Gasteiger charge is 2.37. The summed E-state index contributed by atoms with van der Waals surface area (Å²) in [6, 6.07) is 8.21. The van der Waals surface area contributed by atoms with Crippen molar-refractivity contribution in [3.05, 3.63) is 36.2 Å².